The van der Waals surface area contributed by atoms with E-state index < -0.39 is 0 Å². The summed E-state index contributed by atoms with van der Waals surface area (Å²) >= 11 is 0. The number of nitrogens with one attached hydrogen (secondary N) is 1. The van der Waals surface area contributed by atoms with E-state index in [0.717, 1.165) is 18.4 Å². The first-order valence-electron chi connectivity index (χ1n) is 7.32. The molecule has 2 heterocycles. The standard InChI is InChI=1S/C16H24N2/c1-18-9-6-13(7-10-18)14-3-2-4-15(11-14)16-5-8-17-12-16/h2-4,11,13,16-17H,5-10,12H2,1H3. The maximum atomic E-state index is 3.47. The predicted octanol–water partition coefficient (Wildman–Crippen LogP) is 2.57. The van der Waals surface area contributed by atoms with Gasteiger partial charge in [-0.3, -0.25) is 0 Å². The first kappa shape index (κ1) is 12.2. The smallest absolute Gasteiger partial charge is 0.00206 e. The van der Waals surface area contributed by atoms with Crippen molar-refractivity contribution < 1.29 is 0 Å². The lowest BCUT2D eigenvalue weighted by Crippen LogP contribution is -2.29. The van der Waals surface area contributed by atoms with Gasteiger partial charge >= 0.3 is 0 Å². The Morgan fingerprint density at radius 3 is 2.44 bits per heavy atom. The SMILES string of the molecule is CN1CCC(c2cccc(C3CCNC3)c2)CC1. The first-order valence-corrected chi connectivity index (χ1v) is 7.32. The lowest BCUT2D eigenvalue weighted by atomic mass is 9.87. The van der Waals surface area contributed by atoms with Crippen LogP contribution in [0.4, 0.5) is 0 Å². The summed E-state index contributed by atoms with van der Waals surface area (Å²) in [5.41, 5.74) is 3.13. The Morgan fingerprint density at radius 2 is 1.78 bits per heavy atom. The van der Waals surface area contributed by atoms with Gasteiger partial charge in [0.15, 0.2) is 0 Å². The molecule has 2 saturated heterocycles. The zero-order valence-corrected chi connectivity index (χ0v) is 11.4. The summed E-state index contributed by atoms with van der Waals surface area (Å²) in [5.74, 6) is 1.53. The minimum atomic E-state index is 0.746. The van der Waals surface area contributed by atoms with Crippen LogP contribution in [-0.4, -0.2) is 38.1 Å². The van der Waals surface area contributed by atoms with Crippen molar-refractivity contribution in [2.75, 3.05) is 33.2 Å². The van der Waals surface area contributed by atoms with Crippen molar-refractivity contribution >= 4 is 0 Å². The van der Waals surface area contributed by atoms with Gasteiger partial charge in [0, 0.05) is 6.54 Å². The third-order valence-electron chi connectivity index (χ3n) is 4.63. The summed E-state index contributed by atoms with van der Waals surface area (Å²) < 4.78 is 0. The minimum Gasteiger partial charge on any atom is -0.316 e. The van der Waals surface area contributed by atoms with Crippen LogP contribution in [0.3, 0.4) is 0 Å². The minimum absolute atomic E-state index is 0.746. The van der Waals surface area contributed by atoms with E-state index in [0.29, 0.717) is 0 Å². The molecule has 3 rings (SSSR count). The van der Waals surface area contributed by atoms with Crippen LogP contribution < -0.4 is 5.32 Å². The number of benzene rings is 1. The van der Waals surface area contributed by atoms with Crippen molar-refractivity contribution in [3.8, 4) is 0 Å². The van der Waals surface area contributed by atoms with Crippen LogP contribution in [0.1, 0.15) is 42.2 Å². The van der Waals surface area contributed by atoms with Crippen LogP contribution in [0.2, 0.25) is 0 Å². The molecule has 2 fully saturated rings. The molecule has 2 nitrogen and oxygen atoms in total. The van der Waals surface area contributed by atoms with Gasteiger partial charge in [0.1, 0.15) is 0 Å². The van der Waals surface area contributed by atoms with E-state index in [9.17, 15) is 0 Å². The van der Waals surface area contributed by atoms with Crippen molar-refractivity contribution in [2.45, 2.75) is 31.1 Å². The molecule has 1 aromatic rings. The number of likely N-dealkylation sites (tertiary alicyclic amines) is 1. The number of nitrogens with zero attached hydrogens (tertiary/aromatic N) is 1. The lowest BCUT2D eigenvalue weighted by molar-refractivity contribution is 0.255. The molecule has 1 unspecified atom stereocenters. The molecule has 18 heavy (non-hydrogen) atoms. The normalized spacial score (nSPS) is 26.6. The second kappa shape index (κ2) is 5.41. The molecular formula is C16H24N2. The molecule has 0 radical (unpaired) electrons. The summed E-state index contributed by atoms with van der Waals surface area (Å²) in [6, 6.07) is 9.40. The molecule has 0 aliphatic carbocycles. The van der Waals surface area contributed by atoms with Gasteiger partial charge in [-0.25, -0.2) is 0 Å². The third-order valence-corrected chi connectivity index (χ3v) is 4.63. The van der Waals surface area contributed by atoms with Crippen LogP contribution in [0.25, 0.3) is 0 Å². The second-order valence-electron chi connectivity index (χ2n) is 5.94. The van der Waals surface area contributed by atoms with E-state index >= 15 is 0 Å². The topological polar surface area (TPSA) is 15.3 Å². The molecule has 2 aliphatic rings. The highest BCUT2D eigenvalue weighted by Crippen LogP contribution is 2.30. The van der Waals surface area contributed by atoms with Crippen molar-refractivity contribution in [1.29, 1.82) is 0 Å². The fourth-order valence-corrected chi connectivity index (χ4v) is 3.35. The molecule has 1 atom stereocenters. The van der Waals surface area contributed by atoms with Crippen molar-refractivity contribution in [2.24, 2.45) is 0 Å². The van der Waals surface area contributed by atoms with Crippen molar-refractivity contribution in [3.63, 3.8) is 0 Å². The molecule has 2 aliphatic heterocycles. The average molecular weight is 244 g/mol. The fourth-order valence-electron chi connectivity index (χ4n) is 3.35. The zero-order valence-electron chi connectivity index (χ0n) is 11.4. The monoisotopic (exact) mass is 244 g/mol. The van der Waals surface area contributed by atoms with Crippen LogP contribution in [0.15, 0.2) is 24.3 Å². The van der Waals surface area contributed by atoms with Crippen LogP contribution in [-0.2, 0) is 0 Å². The summed E-state index contributed by atoms with van der Waals surface area (Å²) in [4.78, 5) is 2.45. The van der Waals surface area contributed by atoms with Gasteiger partial charge < -0.3 is 10.2 Å². The van der Waals surface area contributed by atoms with Gasteiger partial charge in [0.2, 0.25) is 0 Å². The molecule has 0 amide bonds. The van der Waals surface area contributed by atoms with E-state index in [1.54, 1.807) is 11.1 Å². The average Bonchev–Trinajstić information content (AvgIpc) is 2.94. The molecule has 1 N–H and O–H groups in total. The highest BCUT2D eigenvalue weighted by molar-refractivity contribution is 5.30. The van der Waals surface area contributed by atoms with Gasteiger partial charge in [-0.2, -0.15) is 0 Å². The molecular weight excluding hydrogens is 220 g/mol. The number of piperidine rings is 1. The lowest BCUT2D eigenvalue weighted by Gasteiger charge is -2.29. The molecule has 0 saturated carbocycles. The van der Waals surface area contributed by atoms with Gasteiger partial charge in [0.25, 0.3) is 0 Å². The molecule has 0 spiro atoms. The first-order chi connectivity index (χ1) is 8.83. The molecule has 2 heteroatoms. The number of hydrogen-bond donors (Lipinski definition) is 1. The largest absolute Gasteiger partial charge is 0.316 e. The fraction of sp³-hybridized carbons (Fsp3) is 0.625. The second-order valence-corrected chi connectivity index (χ2v) is 5.94. The predicted molar refractivity (Wildman–Crippen MR) is 76.1 cm³/mol. The Hall–Kier alpha value is -0.860. The number of hydrogen-bond acceptors (Lipinski definition) is 2. The van der Waals surface area contributed by atoms with E-state index in [1.165, 1.54) is 38.9 Å². The Balaban J connectivity index is 1.74. The highest BCUT2D eigenvalue weighted by atomic mass is 15.1. The van der Waals surface area contributed by atoms with Crippen molar-refractivity contribution in [1.82, 2.24) is 10.2 Å². The maximum Gasteiger partial charge on any atom is 0.00206 e. The van der Waals surface area contributed by atoms with E-state index in [4.69, 9.17) is 0 Å². The highest BCUT2D eigenvalue weighted by Gasteiger charge is 2.21. The van der Waals surface area contributed by atoms with Crippen LogP contribution in [0, 0.1) is 0 Å². The van der Waals surface area contributed by atoms with Crippen molar-refractivity contribution in [3.05, 3.63) is 35.4 Å². The molecule has 1 aromatic carbocycles. The summed E-state index contributed by atoms with van der Waals surface area (Å²) in [5, 5.41) is 3.47. The Labute approximate surface area is 110 Å². The number of rotatable bonds is 2. The van der Waals surface area contributed by atoms with Crippen LogP contribution in [0.5, 0.6) is 0 Å². The maximum absolute atomic E-state index is 3.47. The van der Waals surface area contributed by atoms with Gasteiger partial charge in [-0.05, 0) is 68.9 Å². The van der Waals surface area contributed by atoms with Gasteiger partial charge in [-0.1, -0.05) is 24.3 Å². The van der Waals surface area contributed by atoms with Gasteiger partial charge in [-0.15, -0.1) is 0 Å². The molecule has 0 aromatic heterocycles. The summed E-state index contributed by atoms with van der Waals surface area (Å²) in [6.07, 6.45) is 3.95. The Bertz CT molecular complexity index is 388. The quantitative estimate of drug-likeness (QED) is 0.860. The zero-order chi connectivity index (χ0) is 12.4. The van der Waals surface area contributed by atoms with E-state index in [2.05, 4.69) is 41.5 Å². The van der Waals surface area contributed by atoms with Crippen LogP contribution >= 0.6 is 0 Å². The van der Waals surface area contributed by atoms with E-state index in [-0.39, 0.29) is 0 Å². The molecule has 98 valence electrons. The molecule has 0 bridgehead atoms. The Morgan fingerprint density at radius 1 is 1.06 bits per heavy atom. The van der Waals surface area contributed by atoms with Gasteiger partial charge in [0.05, 0.1) is 0 Å². The Kier molecular flexibility index (Phi) is 3.67. The summed E-state index contributed by atoms with van der Waals surface area (Å²) in [7, 11) is 2.23. The third kappa shape index (κ3) is 2.60. The summed E-state index contributed by atoms with van der Waals surface area (Å²) in [6.45, 7) is 4.85. The van der Waals surface area contributed by atoms with E-state index in [1.807, 2.05) is 0 Å².